The van der Waals surface area contributed by atoms with Gasteiger partial charge in [0.25, 0.3) is 0 Å². The number of benzene rings is 2. The number of aryl methyl sites for hydroxylation is 1. The number of methoxy groups -OCH3 is 1. The number of ether oxygens (including phenoxy) is 1. The number of hydrogen-bond donors (Lipinski definition) is 1. The molecule has 4 nitrogen and oxygen atoms in total. The molecule has 142 valence electrons. The second-order valence-corrected chi connectivity index (χ2v) is 6.44. The molecule has 0 saturated heterocycles. The topological polar surface area (TPSA) is 55.6 Å². The number of carbonyl (C=O) groups is 1. The highest BCUT2D eigenvalue weighted by Crippen LogP contribution is 2.21. The number of rotatable bonds is 8. The molecule has 0 saturated carbocycles. The summed E-state index contributed by atoms with van der Waals surface area (Å²) in [6, 6.07) is 17.6. The van der Waals surface area contributed by atoms with Crippen LogP contribution in [0.15, 0.2) is 54.6 Å². The molecule has 2 rings (SSSR count). The van der Waals surface area contributed by atoms with E-state index in [1.807, 2.05) is 56.4 Å². The first-order chi connectivity index (χ1) is 12.0. The molecule has 5 heteroatoms. The molecule has 1 amide bonds. The third-order valence-corrected chi connectivity index (χ3v) is 4.61. The van der Waals surface area contributed by atoms with Gasteiger partial charge in [0.15, 0.2) is 0 Å². The monoisotopic (exact) mass is 376 g/mol. The van der Waals surface area contributed by atoms with Gasteiger partial charge in [-0.25, -0.2) is 0 Å². The molecule has 0 radical (unpaired) electrons. The highest BCUT2D eigenvalue weighted by molar-refractivity contribution is 5.85. The summed E-state index contributed by atoms with van der Waals surface area (Å²) in [4.78, 5) is 14.4. The molecule has 0 spiro atoms. The van der Waals surface area contributed by atoms with Crippen molar-refractivity contribution in [3.05, 3.63) is 65.7 Å². The third-order valence-electron chi connectivity index (χ3n) is 4.61. The van der Waals surface area contributed by atoms with E-state index >= 15 is 0 Å². The molecule has 0 bridgehead atoms. The summed E-state index contributed by atoms with van der Waals surface area (Å²) in [6.45, 7) is 2.62. The van der Waals surface area contributed by atoms with E-state index in [1.54, 1.807) is 12.0 Å². The summed E-state index contributed by atoms with van der Waals surface area (Å²) >= 11 is 0. The van der Waals surface area contributed by atoms with Gasteiger partial charge in [-0.05, 0) is 36.1 Å². The van der Waals surface area contributed by atoms with Gasteiger partial charge in [-0.1, -0.05) is 49.4 Å². The SMILES string of the molecule is COc1ccc(CCCN(C)C(=O)C(C)C(N)c2ccccc2)cc1.Cl. The van der Waals surface area contributed by atoms with E-state index in [9.17, 15) is 4.79 Å². The number of nitrogens with two attached hydrogens (primary N) is 1. The van der Waals surface area contributed by atoms with Crippen LogP contribution < -0.4 is 10.5 Å². The van der Waals surface area contributed by atoms with Gasteiger partial charge in [0.1, 0.15) is 5.75 Å². The molecule has 26 heavy (non-hydrogen) atoms. The Bertz CT molecular complexity index is 661. The summed E-state index contributed by atoms with van der Waals surface area (Å²) in [5, 5.41) is 0. The lowest BCUT2D eigenvalue weighted by atomic mass is 9.94. The van der Waals surface area contributed by atoms with Crippen molar-refractivity contribution in [3.63, 3.8) is 0 Å². The molecule has 2 atom stereocenters. The Hall–Kier alpha value is -2.04. The maximum atomic E-state index is 12.6. The highest BCUT2D eigenvalue weighted by atomic mass is 35.5. The molecule has 0 aliphatic rings. The van der Waals surface area contributed by atoms with Crippen molar-refractivity contribution < 1.29 is 9.53 Å². The van der Waals surface area contributed by atoms with Crippen molar-refractivity contribution >= 4 is 18.3 Å². The largest absolute Gasteiger partial charge is 0.497 e. The maximum absolute atomic E-state index is 12.6. The standard InChI is InChI=1S/C21H28N2O2.ClH/c1-16(20(22)18-9-5-4-6-10-18)21(24)23(2)15-7-8-17-11-13-19(25-3)14-12-17;/h4-6,9-14,16,20H,7-8,15,22H2,1-3H3;1H. The van der Waals surface area contributed by atoms with Crippen molar-refractivity contribution in [2.24, 2.45) is 11.7 Å². The lowest BCUT2D eigenvalue weighted by molar-refractivity contribution is -0.134. The fraction of sp³-hybridized carbons (Fsp3) is 0.381. The van der Waals surface area contributed by atoms with E-state index in [4.69, 9.17) is 10.5 Å². The van der Waals surface area contributed by atoms with E-state index in [2.05, 4.69) is 12.1 Å². The van der Waals surface area contributed by atoms with E-state index in [1.165, 1.54) is 5.56 Å². The fourth-order valence-corrected chi connectivity index (χ4v) is 2.89. The van der Waals surface area contributed by atoms with Crippen LogP contribution in [-0.2, 0) is 11.2 Å². The van der Waals surface area contributed by atoms with Crippen molar-refractivity contribution in [1.29, 1.82) is 0 Å². The summed E-state index contributed by atoms with van der Waals surface area (Å²) in [5.74, 6) is 0.708. The fourth-order valence-electron chi connectivity index (χ4n) is 2.89. The smallest absolute Gasteiger partial charge is 0.227 e. The zero-order chi connectivity index (χ0) is 18.2. The molecule has 2 aromatic carbocycles. The van der Waals surface area contributed by atoms with Gasteiger partial charge in [-0.3, -0.25) is 4.79 Å². The van der Waals surface area contributed by atoms with Gasteiger partial charge in [0, 0.05) is 19.6 Å². The minimum atomic E-state index is -0.280. The van der Waals surface area contributed by atoms with E-state index in [-0.39, 0.29) is 30.3 Å². The predicted molar refractivity (Wildman–Crippen MR) is 109 cm³/mol. The Kier molecular flexibility index (Phi) is 9.17. The number of halogens is 1. The number of carbonyl (C=O) groups excluding carboxylic acids is 1. The number of amides is 1. The highest BCUT2D eigenvalue weighted by Gasteiger charge is 2.24. The summed E-state index contributed by atoms with van der Waals surface area (Å²) in [6.07, 6.45) is 1.85. The van der Waals surface area contributed by atoms with Crippen LogP contribution in [0.5, 0.6) is 5.75 Å². The van der Waals surface area contributed by atoms with Crippen LogP contribution in [0, 0.1) is 5.92 Å². The molecule has 0 fully saturated rings. The van der Waals surface area contributed by atoms with Crippen LogP contribution >= 0.6 is 12.4 Å². The van der Waals surface area contributed by atoms with Crippen molar-refractivity contribution in [1.82, 2.24) is 4.90 Å². The number of hydrogen-bond acceptors (Lipinski definition) is 3. The van der Waals surface area contributed by atoms with E-state index in [0.717, 1.165) is 30.7 Å². The van der Waals surface area contributed by atoms with E-state index < -0.39 is 0 Å². The maximum Gasteiger partial charge on any atom is 0.227 e. The Morgan fingerprint density at radius 2 is 1.73 bits per heavy atom. The Morgan fingerprint density at radius 3 is 2.31 bits per heavy atom. The Labute approximate surface area is 162 Å². The Balaban J connectivity index is 0.00000338. The average molecular weight is 377 g/mol. The predicted octanol–water partition coefficient (Wildman–Crippen LogP) is 3.84. The van der Waals surface area contributed by atoms with Gasteiger partial charge in [-0.15, -0.1) is 12.4 Å². The first kappa shape index (κ1) is 22.0. The molecule has 0 aliphatic carbocycles. The molecule has 0 heterocycles. The minimum Gasteiger partial charge on any atom is -0.497 e. The van der Waals surface area contributed by atoms with Gasteiger partial charge < -0.3 is 15.4 Å². The van der Waals surface area contributed by atoms with Crippen LogP contribution in [0.3, 0.4) is 0 Å². The molecule has 2 N–H and O–H groups in total. The first-order valence-electron chi connectivity index (χ1n) is 8.71. The minimum absolute atomic E-state index is 0. The first-order valence-corrected chi connectivity index (χ1v) is 8.71. The zero-order valence-electron chi connectivity index (χ0n) is 15.7. The Morgan fingerprint density at radius 1 is 1.12 bits per heavy atom. The van der Waals surface area contributed by atoms with Gasteiger partial charge in [0.2, 0.25) is 5.91 Å². The molecular weight excluding hydrogens is 348 g/mol. The van der Waals surface area contributed by atoms with Gasteiger partial charge in [0.05, 0.1) is 13.0 Å². The van der Waals surface area contributed by atoms with Crippen molar-refractivity contribution in [2.45, 2.75) is 25.8 Å². The quantitative estimate of drug-likeness (QED) is 0.761. The van der Waals surface area contributed by atoms with Crippen LogP contribution in [-0.4, -0.2) is 31.5 Å². The summed E-state index contributed by atoms with van der Waals surface area (Å²) < 4.78 is 5.16. The van der Waals surface area contributed by atoms with E-state index in [0.29, 0.717) is 0 Å². The van der Waals surface area contributed by atoms with Crippen molar-refractivity contribution in [3.8, 4) is 5.75 Å². The summed E-state index contributed by atoms with van der Waals surface area (Å²) in [5.41, 5.74) is 8.51. The second kappa shape index (κ2) is 10.8. The van der Waals surface area contributed by atoms with Crippen LogP contribution in [0.1, 0.15) is 30.5 Å². The molecule has 0 aliphatic heterocycles. The molecule has 2 unspecified atom stereocenters. The van der Waals surface area contributed by atoms with Gasteiger partial charge >= 0.3 is 0 Å². The molecule has 2 aromatic rings. The van der Waals surface area contributed by atoms with Gasteiger partial charge in [-0.2, -0.15) is 0 Å². The van der Waals surface area contributed by atoms with Crippen LogP contribution in [0.25, 0.3) is 0 Å². The summed E-state index contributed by atoms with van der Waals surface area (Å²) in [7, 11) is 3.52. The third kappa shape index (κ3) is 6.04. The zero-order valence-corrected chi connectivity index (χ0v) is 16.5. The lowest BCUT2D eigenvalue weighted by Crippen LogP contribution is -2.37. The lowest BCUT2D eigenvalue weighted by Gasteiger charge is -2.25. The second-order valence-electron chi connectivity index (χ2n) is 6.44. The average Bonchev–Trinajstić information content (AvgIpc) is 2.67. The van der Waals surface area contributed by atoms with Crippen LogP contribution in [0.4, 0.5) is 0 Å². The normalized spacial score (nSPS) is 12.6. The molecule has 0 aromatic heterocycles. The molecular formula is C21H29ClN2O2. The van der Waals surface area contributed by atoms with Crippen molar-refractivity contribution in [2.75, 3.05) is 20.7 Å². The van der Waals surface area contributed by atoms with Crippen LogP contribution in [0.2, 0.25) is 0 Å². The number of nitrogens with zero attached hydrogens (tertiary/aromatic N) is 1.